The van der Waals surface area contributed by atoms with Crippen LogP contribution in [-0.2, 0) is 0 Å². The predicted octanol–water partition coefficient (Wildman–Crippen LogP) is 3.11. The molecule has 1 N–H and O–H groups in total. The van der Waals surface area contributed by atoms with E-state index in [1.54, 1.807) is 10.9 Å². The minimum atomic E-state index is 0.548. The van der Waals surface area contributed by atoms with Gasteiger partial charge in [-0.15, -0.1) is 0 Å². The van der Waals surface area contributed by atoms with Crippen molar-refractivity contribution in [2.24, 2.45) is 0 Å². The van der Waals surface area contributed by atoms with Gasteiger partial charge in [0.2, 0.25) is 0 Å². The number of benzene rings is 1. The predicted molar refractivity (Wildman–Crippen MR) is 74.9 cm³/mol. The first kappa shape index (κ1) is 11.8. The summed E-state index contributed by atoms with van der Waals surface area (Å²) in [6.07, 6.45) is 1.57. The molecule has 3 rings (SSSR count). The molecule has 0 saturated carbocycles. The van der Waals surface area contributed by atoms with Gasteiger partial charge in [0.25, 0.3) is 0 Å². The summed E-state index contributed by atoms with van der Waals surface area (Å²) in [4.78, 5) is 0. The Morgan fingerprint density at radius 1 is 1.47 bits per heavy atom. The van der Waals surface area contributed by atoms with Gasteiger partial charge in [-0.3, -0.25) is 0 Å². The quantitative estimate of drug-likeness (QED) is 0.866. The molecular formula is C14H11ClN4. The average Bonchev–Trinajstić information content (AvgIpc) is 2.81. The van der Waals surface area contributed by atoms with Crippen LogP contribution in [0.1, 0.15) is 18.1 Å². The lowest BCUT2D eigenvalue weighted by Crippen LogP contribution is -2.19. The average molecular weight is 271 g/mol. The van der Waals surface area contributed by atoms with Crippen LogP contribution < -0.4 is 5.32 Å². The van der Waals surface area contributed by atoms with Crippen LogP contribution in [0.5, 0.6) is 0 Å². The molecule has 0 atom stereocenters. The Morgan fingerprint density at radius 3 is 3.05 bits per heavy atom. The molecule has 4 nitrogen and oxygen atoms in total. The normalized spacial score (nSPS) is 13.7. The van der Waals surface area contributed by atoms with Gasteiger partial charge in [-0.1, -0.05) is 23.7 Å². The van der Waals surface area contributed by atoms with Gasteiger partial charge < -0.3 is 5.32 Å². The van der Waals surface area contributed by atoms with Crippen molar-refractivity contribution in [1.29, 1.82) is 5.26 Å². The van der Waals surface area contributed by atoms with E-state index in [9.17, 15) is 0 Å². The highest BCUT2D eigenvalue weighted by Crippen LogP contribution is 2.31. The third-order valence-corrected chi connectivity index (χ3v) is 3.36. The van der Waals surface area contributed by atoms with Crippen molar-refractivity contribution in [3.63, 3.8) is 0 Å². The zero-order chi connectivity index (χ0) is 13.4. The molecule has 0 unspecified atom stereocenters. The lowest BCUT2D eigenvalue weighted by molar-refractivity contribution is 0.868. The summed E-state index contributed by atoms with van der Waals surface area (Å²) in [7, 11) is 0. The minimum absolute atomic E-state index is 0.548. The van der Waals surface area contributed by atoms with E-state index < -0.39 is 0 Å². The van der Waals surface area contributed by atoms with Crippen LogP contribution in [0.25, 0.3) is 5.70 Å². The van der Waals surface area contributed by atoms with Crippen LogP contribution in [0.2, 0.25) is 5.02 Å². The number of fused-ring (bicyclic) bond motifs is 1. The van der Waals surface area contributed by atoms with Crippen molar-refractivity contribution in [3.05, 3.63) is 52.2 Å². The molecule has 0 fully saturated rings. The monoisotopic (exact) mass is 270 g/mol. The van der Waals surface area contributed by atoms with Crippen LogP contribution >= 0.6 is 11.6 Å². The number of anilines is 1. The molecule has 0 aliphatic carbocycles. The van der Waals surface area contributed by atoms with Crippen LogP contribution in [0.15, 0.2) is 36.0 Å². The van der Waals surface area contributed by atoms with Crippen molar-refractivity contribution >= 4 is 23.1 Å². The molecule has 2 aromatic rings. The summed E-state index contributed by atoms with van der Waals surface area (Å²) in [6.45, 7) is 2.74. The maximum Gasteiger partial charge on any atom is 0.148 e. The SMILES string of the molecule is CC1=C(c2cccc(Cl)c2)n2ncc(C#N)c2NC1. The zero-order valence-electron chi connectivity index (χ0n) is 10.3. The third kappa shape index (κ3) is 1.88. The zero-order valence-corrected chi connectivity index (χ0v) is 11.1. The van der Waals surface area contributed by atoms with Crippen molar-refractivity contribution in [1.82, 2.24) is 9.78 Å². The van der Waals surface area contributed by atoms with Gasteiger partial charge >= 0.3 is 0 Å². The molecular weight excluding hydrogens is 260 g/mol. The molecule has 1 aliphatic rings. The fourth-order valence-corrected chi connectivity index (χ4v) is 2.45. The summed E-state index contributed by atoms with van der Waals surface area (Å²) in [5.41, 5.74) is 3.69. The number of nitrogens with one attached hydrogen (secondary N) is 1. The van der Waals surface area contributed by atoms with Crippen LogP contribution in [0, 0.1) is 11.3 Å². The van der Waals surface area contributed by atoms with E-state index in [2.05, 4.69) is 16.5 Å². The number of nitriles is 1. The molecule has 2 heterocycles. The highest BCUT2D eigenvalue weighted by Gasteiger charge is 2.21. The van der Waals surface area contributed by atoms with Crippen molar-refractivity contribution in [3.8, 4) is 6.07 Å². The van der Waals surface area contributed by atoms with E-state index in [1.807, 2.05) is 31.2 Å². The summed E-state index contributed by atoms with van der Waals surface area (Å²) in [5, 5.41) is 17.3. The molecule has 1 aromatic carbocycles. The Hall–Kier alpha value is -2.25. The number of aromatic nitrogens is 2. The van der Waals surface area contributed by atoms with Gasteiger partial charge in [-0.05, 0) is 24.6 Å². The van der Waals surface area contributed by atoms with E-state index in [4.69, 9.17) is 16.9 Å². The van der Waals surface area contributed by atoms with Crippen molar-refractivity contribution in [2.75, 3.05) is 11.9 Å². The maximum atomic E-state index is 9.07. The lowest BCUT2D eigenvalue weighted by Gasteiger charge is -2.22. The summed E-state index contributed by atoms with van der Waals surface area (Å²) in [6, 6.07) is 9.79. The fourth-order valence-electron chi connectivity index (χ4n) is 2.26. The first-order valence-electron chi connectivity index (χ1n) is 5.89. The molecule has 0 spiro atoms. The van der Waals surface area contributed by atoms with Gasteiger partial charge in [-0.2, -0.15) is 10.4 Å². The molecule has 0 saturated heterocycles. The van der Waals surface area contributed by atoms with Gasteiger partial charge in [0.1, 0.15) is 17.5 Å². The van der Waals surface area contributed by atoms with E-state index in [0.717, 1.165) is 22.7 Å². The standard InChI is InChI=1S/C14H11ClN4/c1-9-7-17-14-11(6-16)8-18-19(14)13(9)10-3-2-4-12(15)5-10/h2-5,8,17H,7H2,1H3. The van der Waals surface area contributed by atoms with E-state index in [0.29, 0.717) is 17.1 Å². The molecule has 0 amide bonds. The first-order valence-corrected chi connectivity index (χ1v) is 6.26. The number of halogens is 1. The highest BCUT2D eigenvalue weighted by molar-refractivity contribution is 6.30. The number of rotatable bonds is 1. The van der Waals surface area contributed by atoms with E-state index in [-0.39, 0.29) is 0 Å². The summed E-state index contributed by atoms with van der Waals surface area (Å²) >= 11 is 6.05. The van der Waals surface area contributed by atoms with Gasteiger partial charge in [0.15, 0.2) is 0 Å². The molecule has 0 bridgehead atoms. The Balaban J connectivity index is 2.21. The Labute approximate surface area is 115 Å². The first-order chi connectivity index (χ1) is 9.20. The third-order valence-electron chi connectivity index (χ3n) is 3.12. The lowest BCUT2D eigenvalue weighted by atomic mass is 10.1. The number of hydrogen-bond acceptors (Lipinski definition) is 3. The number of nitrogens with zero attached hydrogens (tertiary/aromatic N) is 3. The largest absolute Gasteiger partial charge is 0.365 e. The van der Waals surface area contributed by atoms with E-state index >= 15 is 0 Å². The van der Waals surface area contributed by atoms with Crippen LogP contribution in [0.3, 0.4) is 0 Å². The van der Waals surface area contributed by atoms with Crippen LogP contribution in [0.4, 0.5) is 5.82 Å². The summed E-state index contributed by atoms with van der Waals surface area (Å²) < 4.78 is 1.77. The second-order valence-electron chi connectivity index (χ2n) is 4.42. The van der Waals surface area contributed by atoms with Crippen LogP contribution in [-0.4, -0.2) is 16.3 Å². The van der Waals surface area contributed by atoms with Crippen molar-refractivity contribution < 1.29 is 0 Å². The summed E-state index contributed by atoms with van der Waals surface area (Å²) in [5.74, 6) is 0.739. The smallest absolute Gasteiger partial charge is 0.148 e. The van der Waals surface area contributed by atoms with Gasteiger partial charge in [0.05, 0.1) is 11.9 Å². The molecule has 1 aromatic heterocycles. The Bertz CT molecular complexity index is 721. The maximum absolute atomic E-state index is 9.07. The van der Waals surface area contributed by atoms with Crippen molar-refractivity contribution in [2.45, 2.75) is 6.92 Å². The Kier molecular flexibility index (Phi) is 2.77. The van der Waals surface area contributed by atoms with Gasteiger partial charge in [0, 0.05) is 17.1 Å². The molecule has 94 valence electrons. The molecule has 0 radical (unpaired) electrons. The molecule has 1 aliphatic heterocycles. The number of hydrogen-bond donors (Lipinski definition) is 1. The van der Waals surface area contributed by atoms with E-state index in [1.165, 1.54) is 0 Å². The highest BCUT2D eigenvalue weighted by atomic mass is 35.5. The Morgan fingerprint density at radius 2 is 2.32 bits per heavy atom. The fraction of sp³-hybridized carbons (Fsp3) is 0.143. The minimum Gasteiger partial charge on any atom is -0.365 e. The molecule has 5 heteroatoms. The topological polar surface area (TPSA) is 53.6 Å². The van der Waals surface area contributed by atoms with Gasteiger partial charge in [-0.25, -0.2) is 4.68 Å². The second-order valence-corrected chi connectivity index (χ2v) is 4.86. The second kappa shape index (κ2) is 4.45. The molecule has 19 heavy (non-hydrogen) atoms.